The number of anilines is 1. The fourth-order valence-electron chi connectivity index (χ4n) is 2.03. The molecule has 0 bridgehead atoms. The smallest absolute Gasteiger partial charge is 0.330 e. The van der Waals surface area contributed by atoms with Crippen molar-refractivity contribution in [2.45, 2.75) is 6.54 Å². The van der Waals surface area contributed by atoms with E-state index < -0.39 is 18.5 Å². The molecule has 0 aliphatic heterocycles. The molecule has 0 atom stereocenters. The van der Waals surface area contributed by atoms with E-state index in [0.717, 1.165) is 10.4 Å². The van der Waals surface area contributed by atoms with Crippen molar-refractivity contribution >= 4 is 40.5 Å². The van der Waals surface area contributed by atoms with Gasteiger partial charge in [-0.3, -0.25) is 4.79 Å². The SMILES string of the molecule is N#Cc1ccc(Cl)cc1NC(=O)COC(=O)Cn1nnc(-c2ccsc2)n1. The highest BCUT2D eigenvalue weighted by molar-refractivity contribution is 7.08. The van der Waals surface area contributed by atoms with Crippen LogP contribution in [0.1, 0.15) is 5.56 Å². The Bertz CT molecular complexity index is 1010. The van der Waals surface area contributed by atoms with Crippen LogP contribution in [0, 0.1) is 11.3 Å². The molecule has 0 saturated carbocycles. The molecule has 3 rings (SSSR count). The number of aromatic nitrogens is 4. The van der Waals surface area contributed by atoms with Crippen molar-refractivity contribution in [3.63, 3.8) is 0 Å². The second-order valence-electron chi connectivity index (χ2n) is 5.17. The minimum absolute atomic E-state index is 0.240. The third-order valence-electron chi connectivity index (χ3n) is 3.24. The number of esters is 1. The maximum Gasteiger partial charge on any atom is 0.330 e. The van der Waals surface area contributed by atoms with Crippen molar-refractivity contribution in [3.05, 3.63) is 45.6 Å². The lowest BCUT2D eigenvalue weighted by molar-refractivity contribution is -0.148. The minimum atomic E-state index is -0.703. The van der Waals surface area contributed by atoms with Gasteiger partial charge >= 0.3 is 5.97 Å². The van der Waals surface area contributed by atoms with E-state index >= 15 is 0 Å². The molecule has 0 saturated heterocycles. The summed E-state index contributed by atoms with van der Waals surface area (Å²) >= 11 is 7.34. The Morgan fingerprint density at radius 2 is 2.22 bits per heavy atom. The average Bonchev–Trinajstić information content (AvgIpc) is 3.32. The van der Waals surface area contributed by atoms with Gasteiger partial charge in [-0.1, -0.05) is 11.6 Å². The average molecular weight is 403 g/mol. The molecule has 0 unspecified atom stereocenters. The molecule has 1 N–H and O–H groups in total. The number of nitrogens with zero attached hydrogens (tertiary/aromatic N) is 5. The molecule has 2 heterocycles. The number of tetrazole rings is 1. The normalized spacial score (nSPS) is 10.2. The van der Waals surface area contributed by atoms with E-state index in [1.54, 1.807) is 0 Å². The number of thiophene rings is 1. The number of carbonyl (C=O) groups excluding carboxylic acids is 2. The molecular formula is C16H11ClN6O3S. The molecule has 3 aromatic rings. The highest BCUT2D eigenvalue weighted by Crippen LogP contribution is 2.20. The summed E-state index contributed by atoms with van der Waals surface area (Å²) in [6, 6.07) is 8.21. The predicted molar refractivity (Wildman–Crippen MR) is 96.9 cm³/mol. The molecule has 1 aromatic carbocycles. The summed E-state index contributed by atoms with van der Waals surface area (Å²) in [6.45, 7) is -0.812. The summed E-state index contributed by atoms with van der Waals surface area (Å²) in [5, 5.41) is 27.3. The predicted octanol–water partition coefficient (Wildman–Crippen LogP) is 2.11. The van der Waals surface area contributed by atoms with E-state index in [4.69, 9.17) is 21.6 Å². The number of carbonyl (C=O) groups is 2. The number of amides is 1. The summed E-state index contributed by atoms with van der Waals surface area (Å²) in [7, 11) is 0. The number of benzene rings is 1. The van der Waals surface area contributed by atoms with Gasteiger partial charge in [-0.2, -0.15) is 21.4 Å². The van der Waals surface area contributed by atoms with Gasteiger partial charge < -0.3 is 10.1 Å². The number of nitrogens with one attached hydrogen (secondary N) is 1. The van der Waals surface area contributed by atoms with Crippen LogP contribution in [0.4, 0.5) is 5.69 Å². The Morgan fingerprint density at radius 3 is 2.96 bits per heavy atom. The third kappa shape index (κ3) is 4.87. The van der Waals surface area contributed by atoms with Crippen LogP contribution < -0.4 is 5.32 Å². The maximum atomic E-state index is 11.9. The first-order valence-corrected chi connectivity index (χ1v) is 8.83. The lowest BCUT2D eigenvalue weighted by atomic mass is 10.2. The van der Waals surface area contributed by atoms with Gasteiger partial charge in [0.1, 0.15) is 6.07 Å². The second kappa shape index (κ2) is 8.39. The summed E-state index contributed by atoms with van der Waals surface area (Å²) in [4.78, 5) is 24.8. The van der Waals surface area contributed by atoms with E-state index in [-0.39, 0.29) is 17.8 Å². The van der Waals surface area contributed by atoms with Crippen molar-refractivity contribution in [2.24, 2.45) is 0 Å². The summed E-state index contributed by atoms with van der Waals surface area (Å²) < 4.78 is 4.89. The van der Waals surface area contributed by atoms with Crippen molar-refractivity contribution in [1.29, 1.82) is 5.26 Å². The highest BCUT2D eigenvalue weighted by Gasteiger charge is 2.13. The number of rotatable bonds is 6. The lowest BCUT2D eigenvalue weighted by Crippen LogP contribution is -2.24. The van der Waals surface area contributed by atoms with Gasteiger partial charge in [-0.05, 0) is 34.9 Å². The Balaban J connectivity index is 1.51. The van der Waals surface area contributed by atoms with Crippen LogP contribution in [-0.2, 0) is 20.9 Å². The van der Waals surface area contributed by atoms with Gasteiger partial charge in [-0.15, -0.1) is 10.2 Å². The lowest BCUT2D eigenvalue weighted by Gasteiger charge is -2.08. The van der Waals surface area contributed by atoms with E-state index in [0.29, 0.717) is 10.8 Å². The zero-order valence-corrected chi connectivity index (χ0v) is 15.2. The molecule has 0 spiro atoms. The van der Waals surface area contributed by atoms with Crippen LogP contribution in [0.3, 0.4) is 0 Å². The van der Waals surface area contributed by atoms with Crippen molar-refractivity contribution < 1.29 is 14.3 Å². The van der Waals surface area contributed by atoms with Crippen LogP contribution in [0.2, 0.25) is 5.02 Å². The third-order valence-corrected chi connectivity index (χ3v) is 4.16. The Labute approximate surface area is 162 Å². The number of nitriles is 1. The van der Waals surface area contributed by atoms with Crippen LogP contribution >= 0.6 is 22.9 Å². The Hall–Kier alpha value is -3.29. The molecule has 1 amide bonds. The molecule has 11 heteroatoms. The number of hydrogen-bond donors (Lipinski definition) is 1. The van der Waals surface area contributed by atoms with Crippen molar-refractivity contribution in [2.75, 3.05) is 11.9 Å². The number of halogens is 1. The molecule has 0 aliphatic rings. The van der Waals surface area contributed by atoms with E-state index in [1.807, 2.05) is 22.9 Å². The van der Waals surface area contributed by atoms with Crippen LogP contribution in [0.5, 0.6) is 0 Å². The van der Waals surface area contributed by atoms with Crippen LogP contribution in [0.15, 0.2) is 35.0 Å². The first kappa shape index (κ1) is 18.5. The summed E-state index contributed by atoms with van der Waals surface area (Å²) in [6.07, 6.45) is 0. The molecule has 0 radical (unpaired) electrons. The van der Waals surface area contributed by atoms with Gasteiger partial charge in [0.05, 0.1) is 11.3 Å². The van der Waals surface area contributed by atoms with Gasteiger partial charge in [0.2, 0.25) is 5.82 Å². The fraction of sp³-hybridized carbons (Fsp3) is 0.125. The van der Waals surface area contributed by atoms with Crippen molar-refractivity contribution in [1.82, 2.24) is 20.2 Å². The quantitative estimate of drug-likeness (QED) is 0.626. The zero-order chi connectivity index (χ0) is 19.2. The Morgan fingerprint density at radius 1 is 1.37 bits per heavy atom. The van der Waals surface area contributed by atoms with Crippen LogP contribution in [0.25, 0.3) is 11.4 Å². The topological polar surface area (TPSA) is 123 Å². The molecular weight excluding hydrogens is 392 g/mol. The molecule has 0 aliphatic carbocycles. The van der Waals surface area contributed by atoms with Gasteiger partial charge in [0.15, 0.2) is 13.2 Å². The number of hydrogen-bond acceptors (Lipinski definition) is 8. The van der Waals surface area contributed by atoms with E-state index in [1.165, 1.54) is 29.5 Å². The fourth-order valence-corrected chi connectivity index (χ4v) is 2.83. The van der Waals surface area contributed by atoms with Gasteiger partial charge in [0, 0.05) is 16.0 Å². The summed E-state index contributed by atoms with van der Waals surface area (Å²) in [5.74, 6) is -0.912. The first-order chi connectivity index (χ1) is 13.0. The first-order valence-electron chi connectivity index (χ1n) is 7.50. The molecule has 9 nitrogen and oxygen atoms in total. The van der Waals surface area contributed by atoms with Gasteiger partial charge in [-0.25, -0.2) is 4.79 Å². The molecule has 0 fully saturated rings. The molecule has 27 heavy (non-hydrogen) atoms. The maximum absolute atomic E-state index is 11.9. The van der Waals surface area contributed by atoms with E-state index in [9.17, 15) is 9.59 Å². The monoisotopic (exact) mass is 402 g/mol. The Kier molecular flexibility index (Phi) is 5.75. The van der Waals surface area contributed by atoms with Crippen LogP contribution in [-0.4, -0.2) is 38.7 Å². The zero-order valence-electron chi connectivity index (χ0n) is 13.6. The van der Waals surface area contributed by atoms with Crippen molar-refractivity contribution in [3.8, 4) is 17.5 Å². The highest BCUT2D eigenvalue weighted by atomic mass is 35.5. The minimum Gasteiger partial charge on any atom is -0.454 e. The molecule has 136 valence electrons. The molecule has 2 aromatic heterocycles. The van der Waals surface area contributed by atoms with E-state index in [2.05, 4.69) is 20.7 Å². The standard InChI is InChI=1S/C16H11ClN6O3S/c17-12-2-1-10(6-18)13(5-12)19-14(24)8-26-15(25)7-23-21-16(20-22-23)11-3-4-27-9-11/h1-5,9H,7-8H2,(H,19,24). The largest absolute Gasteiger partial charge is 0.454 e. The second-order valence-corrected chi connectivity index (χ2v) is 6.38. The number of ether oxygens (including phenoxy) is 1. The summed E-state index contributed by atoms with van der Waals surface area (Å²) in [5.41, 5.74) is 1.28. The van der Waals surface area contributed by atoms with Gasteiger partial charge in [0.25, 0.3) is 5.91 Å².